The van der Waals surface area contributed by atoms with Crippen molar-refractivity contribution >= 4 is 55.8 Å². The van der Waals surface area contributed by atoms with E-state index in [9.17, 15) is 17.6 Å². The van der Waals surface area contributed by atoms with Gasteiger partial charge in [-0.2, -0.15) is 0 Å². The normalized spacial score (nSPS) is 12.7. The first-order valence-corrected chi connectivity index (χ1v) is 9.16. The van der Waals surface area contributed by atoms with E-state index in [1.807, 2.05) is 0 Å². The SMILES string of the molecule is CC(C(=O)Cl)N(c1cc(Cl)cc(Cl)c1)S(=O)(=O)c1ccc(F)cc1. The van der Waals surface area contributed by atoms with E-state index in [1.165, 1.54) is 25.1 Å². The number of hydrogen-bond donors (Lipinski definition) is 0. The van der Waals surface area contributed by atoms with Gasteiger partial charge in [-0.15, -0.1) is 0 Å². The maximum absolute atomic E-state index is 13.1. The van der Waals surface area contributed by atoms with E-state index in [1.54, 1.807) is 0 Å². The summed E-state index contributed by atoms with van der Waals surface area (Å²) in [4.78, 5) is 11.4. The van der Waals surface area contributed by atoms with Crippen LogP contribution in [-0.2, 0) is 14.8 Å². The van der Waals surface area contributed by atoms with E-state index in [4.69, 9.17) is 34.8 Å². The molecule has 0 fully saturated rings. The summed E-state index contributed by atoms with van der Waals surface area (Å²) in [5.74, 6) is -0.590. The van der Waals surface area contributed by atoms with E-state index in [-0.39, 0.29) is 20.6 Å². The van der Waals surface area contributed by atoms with Crippen molar-refractivity contribution in [3.63, 3.8) is 0 Å². The molecule has 2 rings (SSSR count). The molecule has 0 spiro atoms. The van der Waals surface area contributed by atoms with Gasteiger partial charge in [0.05, 0.1) is 10.6 Å². The van der Waals surface area contributed by atoms with Crippen LogP contribution in [0.5, 0.6) is 0 Å². The first-order chi connectivity index (χ1) is 11.1. The zero-order chi connectivity index (χ0) is 18.1. The number of nitrogens with zero attached hydrogens (tertiary/aromatic N) is 1. The molecule has 0 saturated heterocycles. The summed E-state index contributed by atoms with van der Waals surface area (Å²) >= 11 is 17.3. The van der Waals surface area contributed by atoms with Gasteiger partial charge in [-0.3, -0.25) is 9.10 Å². The number of benzene rings is 2. The number of carbonyl (C=O) groups is 1. The van der Waals surface area contributed by atoms with Gasteiger partial charge in [0.2, 0.25) is 5.24 Å². The smallest absolute Gasteiger partial charge is 0.265 e. The molecule has 24 heavy (non-hydrogen) atoms. The average molecular weight is 411 g/mol. The maximum atomic E-state index is 13.1. The Labute approximate surface area is 153 Å². The molecule has 0 aliphatic rings. The van der Waals surface area contributed by atoms with Crippen LogP contribution in [0.3, 0.4) is 0 Å². The number of carbonyl (C=O) groups excluding carboxylic acids is 1. The Bertz CT molecular complexity index is 852. The number of hydrogen-bond acceptors (Lipinski definition) is 3. The van der Waals surface area contributed by atoms with Crippen LogP contribution in [0.4, 0.5) is 10.1 Å². The largest absolute Gasteiger partial charge is 0.279 e. The Morgan fingerprint density at radius 2 is 1.58 bits per heavy atom. The second-order valence-electron chi connectivity index (χ2n) is 4.86. The molecule has 1 atom stereocenters. The standard InChI is InChI=1S/C15H11Cl3FNO3S/c1-9(15(18)21)20(13-7-10(16)6-11(17)8-13)24(22,23)14-4-2-12(19)3-5-14/h2-9H,1H3. The average Bonchev–Trinajstić information content (AvgIpc) is 2.46. The fourth-order valence-corrected chi connectivity index (χ4v) is 4.32. The van der Waals surface area contributed by atoms with Gasteiger partial charge in [-0.25, -0.2) is 12.8 Å². The van der Waals surface area contributed by atoms with Crippen molar-refractivity contribution in [3.05, 3.63) is 58.3 Å². The molecule has 1 unspecified atom stereocenters. The van der Waals surface area contributed by atoms with Crippen LogP contribution >= 0.6 is 34.8 Å². The van der Waals surface area contributed by atoms with Gasteiger partial charge in [-0.1, -0.05) is 23.2 Å². The van der Waals surface area contributed by atoms with Gasteiger partial charge < -0.3 is 0 Å². The topological polar surface area (TPSA) is 54.5 Å². The first kappa shape index (κ1) is 19.0. The third kappa shape index (κ3) is 4.00. The summed E-state index contributed by atoms with van der Waals surface area (Å²) in [6.07, 6.45) is 0. The molecule has 0 aliphatic heterocycles. The zero-order valence-corrected chi connectivity index (χ0v) is 15.3. The summed E-state index contributed by atoms with van der Waals surface area (Å²) in [5.41, 5.74) is 0.0679. The molecule has 0 bridgehead atoms. The van der Waals surface area contributed by atoms with Crippen molar-refractivity contribution in [2.24, 2.45) is 0 Å². The lowest BCUT2D eigenvalue weighted by Crippen LogP contribution is -2.42. The third-order valence-electron chi connectivity index (χ3n) is 3.15. The van der Waals surface area contributed by atoms with Crippen molar-refractivity contribution in [1.29, 1.82) is 0 Å². The molecular weight excluding hydrogens is 400 g/mol. The van der Waals surface area contributed by atoms with Crippen molar-refractivity contribution in [2.75, 3.05) is 4.31 Å². The highest BCUT2D eigenvalue weighted by molar-refractivity contribution is 7.93. The second-order valence-corrected chi connectivity index (χ2v) is 7.92. The highest BCUT2D eigenvalue weighted by Crippen LogP contribution is 2.31. The van der Waals surface area contributed by atoms with Crippen molar-refractivity contribution in [1.82, 2.24) is 0 Å². The molecule has 128 valence electrons. The number of halogens is 4. The van der Waals surface area contributed by atoms with Crippen LogP contribution in [0, 0.1) is 5.82 Å². The van der Waals surface area contributed by atoms with Crippen molar-refractivity contribution < 1.29 is 17.6 Å². The molecule has 0 aromatic heterocycles. The minimum absolute atomic E-state index is 0.0679. The predicted octanol–water partition coefficient (Wildman–Crippen LogP) is 4.48. The van der Waals surface area contributed by atoms with E-state index >= 15 is 0 Å². The fraction of sp³-hybridized carbons (Fsp3) is 0.133. The number of rotatable bonds is 5. The van der Waals surface area contributed by atoms with Gasteiger partial charge >= 0.3 is 0 Å². The van der Waals surface area contributed by atoms with Crippen LogP contribution in [0.1, 0.15) is 6.92 Å². The summed E-state index contributed by atoms with van der Waals surface area (Å²) in [6, 6.07) is 7.06. The molecule has 0 N–H and O–H groups in total. The summed E-state index contributed by atoms with van der Waals surface area (Å²) in [7, 11) is -4.20. The Morgan fingerprint density at radius 3 is 2.04 bits per heavy atom. The fourth-order valence-electron chi connectivity index (χ4n) is 2.05. The van der Waals surface area contributed by atoms with E-state index in [0.29, 0.717) is 0 Å². The lowest BCUT2D eigenvalue weighted by Gasteiger charge is -2.28. The van der Waals surface area contributed by atoms with Crippen LogP contribution in [-0.4, -0.2) is 19.7 Å². The van der Waals surface area contributed by atoms with Crippen molar-refractivity contribution in [2.45, 2.75) is 17.9 Å². The molecule has 9 heteroatoms. The molecule has 0 saturated carbocycles. The highest BCUT2D eigenvalue weighted by Gasteiger charge is 2.33. The number of sulfonamides is 1. The Hall–Kier alpha value is -1.34. The molecule has 4 nitrogen and oxygen atoms in total. The van der Waals surface area contributed by atoms with Gasteiger partial charge in [0.1, 0.15) is 11.9 Å². The lowest BCUT2D eigenvalue weighted by atomic mass is 10.3. The minimum Gasteiger partial charge on any atom is -0.279 e. The van der Waals surface area contributed by atoms with Gasteiger partial charge in [0.15, 0.2) is 0 Å². The second kappa shape index (κ2) is 7.27. The van der Waals surface area contributed by atoms with Gasteiger partial charge in [0, 0.05) is 10.0 Å². The first-order valence-electron chi connectivity index (χ1n) is 6.58. The summed E-state index contributed by atoms with van der Waals surface area (Å²) in [5, 5.41) is -0.520. The monoisotopic (exact) mass is 409 g/mol. The highest BCUT2D eigenvalue weighted by atomic mass is 35.5. The number of anilines is 1. The van der Waals surface area contributed by atoms with Gasteiger partial charge in [-0.05, 0) is 61.0 Å². The molecule has 0 aliphatic carbocycles. The quantitative estimate of drug-likeness (QED) is 0.683. The minimum atomic E-state index is -4.20. The molecular formula is C15H11Cl3FNO3S. The lowest BCUT2D eigenvalue weighted by molar-refractivity contribution is -0.112. The summed E-state index contributed by atoms with van der Waals surface area (Å²) < 4.78 is 39.7. The van der Waals surface area contributed by atoms with Crippen LogP contribution < -0.4 is 4.31 Å². The van der Waals surface area contributed by atoms with E-state index in [0.717, 1.165) is 28.6 Å². The van der Waals surface area contributed by atoms with Gasteiger partial charge in [0.25, 0.3) is 10.0 Å². The van der Waals surface area contributed by atoms with E-state index in [2.05, 4.69) is 0 Å². The van der Waals surface area contributed by atoms with Crippen LogP contribution in [0.2, 0.25) is 10.0 Å². The van der Waals surface area contributed by atoms with Crippen LogP contribution in [0.25, 0.3) is 0 Å². The third-order valence-corrected chi connectivity index (χ3v) is 5.82. The molecule has 2 aromatic rings. The van der Waals surface area contributed by atoms with Crippen LogP contribution in [0.15, 0.2) is 47.4 Å². The Balaban J connectivity index is 2.66. The molecule has 0 amide bonds. The molecule has 0 radical (unpaired) electrons. The Morgan fingerprint density at radius 1 is 1.08 bits per heavy atom. The molecule has 2 aromatic carbocycles. The van der Waals surface area contributed by atoms with Crippen molar-refractivity contribution in [3.8, 4) is 0 Å². The maximum Gasteiger partial charge on any atom is 0.265 e. The predicted molar refractivity (Wildman–Crippen MR) is 92.8 cm³/mol. The zero-order valence-electron chi connectivity index (χ0n) is 12.2. The van der Waals surface area contributed by atoms with E-state index < -0.39 is 27.1 Å². The molecule has 0 heterocycles. The Kier molecular flexibility index (Phi) is 5.75. The summed E-state index contributed by atoms with van der Waals surface area (Å²) in [6.45, 7) is 1.32.